The van der Waals surface area contributed by atoms with Gasteiger partial charge in [-0.1, -0.05) is 27.2 Å². The first-order valence-electron chi connectivity index (χ1n) is 10.4. The second-order valence-corrected chi connectivity index (χ2v) is 10.0. The van der Waals surface area contributed by atoms with Crippen LogP contribution in [0, 0.1) is 40.4 Å². The van der Waals surface area contributed by atoms with Crippen LogP contribution in [-0.2, 0) is 0 Å². The largest absolute Gasteiger partial charge is 0.393 e. The Balaban J connectivity index is 1.68. The fourth-order valence-corrected chi connectivity index (χ4v) is 8.08. The third-order valence-corrected chi connectivity index (χ3v) is 9.33. The predicted octanol–water partition coefficient (Wildman–Crippen LogP) is 3.36. The van der Waals surface area contributed by atoms with Gasteiger partial charge in [-0.2, -0.15) is 0 Å². The molecule has 0 spiro atoms. The summed E-state index contributed by atoms with van der Waals surface area (Å²) in [5.74, 6) is 2.30. The van der Waals surface area contributed by atoms with Crippen LogP contribution in [0.2, 0.25) is 0 Å². The van der Waals surface area contributed by atoms with Crippen molar-refractivity contribution >= 4 is 0 Å². The fraction of sp³-hybridized carbons (Fsp3) is 1.00. The average Bonchev–Trinajstić information content (AvgIpc) is 2.84. The van der Waals surface area contributed by atoms with Crippen molar-refractivity contribution in [1.29, 1.82) is 0 Å². The first kappa shape index (κ1) is 17.3. The van der Waals surface area contributed by atoms with Gasteiger partial charge >= 0.3 is 0 Å². The van der Waals surface area contributed by atoms with Crippen LogP contribution in [0.3, 0.4) is 0 Å². The summed E-state index contributed by atoms with van der Waals surface area (Å²) >= 11 is 0. The molecule has 3 heteroatoms. The van der Waals surface area contributed by atoms with Gasteiger partial charge in [-0.05, 0) is 85.4 Å². The van der Waals surface area contributed by atoms with E-state index in [-0.39, 0.29) is 41.0 Å². The Kier molecular flexibility index (Phi) is 4.10. The van der Waals surface area contributed by atoms with E-state index < -0.39 is 0 Å². The van der Waals surface area contributed by atoms with Crippen LogP contribution in [0.5, 0.6) is 0 Å². The van der Waals surface area contributed by atoms with Crippen LogP contribution < -0.4 is 0 Å². The molecule has 0 saturated heterocycles. The van der Waals surface area contributed by atoms with E-state index in [1.807, 2.05) is 0 Å². The molecule has 0 aromatic carbocycles. The molecule has 4 fully saturated rings. The first-order chi connectivity index (χ1) is 11.3. The Morgan fingerprint density at radius 1 is 0.833 bits per heavy atom. The lowest BCUT2D eigenvalue weighted by atomic mass is 9.42. The molecule has 0 amide bonds. The number of hydrogen-bond donors (Lipinski definition) is 3. The minimum absolute atomic E-state index is 0.0718. The number of hydrogen-bond acceptors (Lipinski definition) is 3. The third-order valence-electron chi connectivity index (χ3n) is 9.33. The highest BCUT2D eigenvalue weighted by molar-refractivity contribution is 5.12. The lowest BCUT2D eigenvalue weighted by Gasteiger charge is -2.63. The summed E-state index contributed by atoms with van der Waals surface area (Å²) in [6, 6.07) is 0. The monoisotopic (exact) mass is 336 g/mol. The molecule has 0 aromatic rings. The molecule has 3 nitrogen and oxygen atoms in total. The van der Waals surface area contributed by atoms with E-state index >= 15 is 0 Å². The van der Waals surface area contributed by atoms with E-state index in [1.54, 1.807) is 0 Å². The van der Waals surface area contributed by atoms with E-state index in [4.69, 9.17) is 0 Å². The molecule has 138 valence electrons. The van der Waals surface area contributed by atoms with Crippen LogP contribution in [0.1, 0.15) is 72.1 Å². The van der Waals surface area contributed by atoms with Crippen molar-refractivity contribution in [1.82, 2.24) is 0 Å². The minimum Gasteiger partial charge on any atom is -0.393 e. The molecule has 5 unspecified atom stereocenters. The first-order valence-corrected chi connectivity index (χ1v) is 10.4. The van der Waals surface area contributed by atoms with Gasteiger partial charge in [0.1, 0.15) is 0 Å². The Morgan fingerprint density at radius 2 is 1.50 bits per heavy atom. The molecular weight excluding hydrogens is 300 g/mol. The van der Waals surface area contributed by atoms with Gasteiger partial charge in [0, 0.05) is 0 Å². The molecule has 4 aliphatic rings. The summed E-state index contributed by atoms with van der Waals surface area (Å²) in [7, 11) is 0. The summed E-state index contributed by atoms with van der Waals surface area (Å²) < 4.78 is 0. The molecule has 3 N–H and O–H groups in total. The number of fused-ring (bicyclic) bond motifs is 5. The van der Waals surface area contributed by atoms with E-state index in [0.29, 0.717) is 17.8 Å². The van der Waals surface area contributed by atoms with Crippen LogP contribution >= 0.6 is 0 Å². The molecule has 0 bridgehead atoms. The normalized spacial score (nSPS) is 60.2. The van der Waals surface area contributed by atoms with Crippen molar-refractivity contribution in [2.45, 2.75) is 90.4 Å². The Bertz CT molecular complexity index is 493. The van der Waals surface area contributed by atoms with Gasteiger partial charge in [-0.3, -0.25) is 0 Å². The average molecular weight is 337 g/mol. The fourth-order valence-electron chi connectivity index (χ4n) is 8.08. The summed E-state index contributed by atoms with van der Waals surface area (Å²) in [6.07, 6.45) is 7.55. The van der Waals surface area contributed by atoms with E-state index in [2.05, 4.69) is 20.8 Å². The molecule has 24 heavy (non-hydrogen) atoms. The molecule has 4 saturated carbocycles. The van der Waals surface area contributed by atoms with Gasteiger partial charge in [0.05, 0.1) is 18.3 Å². The van der Waals surface area contributed by atoms with Crippen molar-refractivity contribution in [3.63, 3.8) is 0 Å². The van der Waals surface area contributed by atoms with E-state index in [0.717, 1.165) is 44.9 Å². The molecule has 10 atom stereocenters. The van der Waals surface area contributed by atoms with Gasteiger partial charge in [0.2, 0.25) is 0 Å². The van der Waals surface area contributed by atoms with E-state index in [1.165, 1.54) is 6.42 Å². The zero-order chi connectivity index (χ0) is 17.3. The molecule has 0 radical (unpaired) electrons. The Hall–Kier alpha value is -0.120. The summed E-state index contributed by atoms with van der Waals surface area (Å²) in [4.78, 5) is 0. The Morgan fingerprint density at radius 3 is 2.21 bits per heavy atom. The summed E-state index contributed by atoms with van der Waals surface area (Å²) in [5.41, 5.74) is 0.236. The highest BCUT2D eigenvalue weighted by Gasteiger charge is 2.63. The van der Waals surface area contributed by atoms with Crippen LogP contribution in [-0.4, -0.2) is 33.6 Å². The van der Waals surface area contributed by atoms with Crippen LogP contribution in [0.4, 0.5) is 0 Å². The van der Waals surface area contributed by atoms with Gasteiger partial charge in [0.15, 0.2) is 0 Å². The second kappa shape index (κ2) is 5.69. The zero-order valence-electron chi connectivity index (χ0n) is 15.6. The van der Waals surface area contributed by atoms with Crippen LogP contribution in [0.25, 0.3) is 0 Å². The highest BCUT2D eigenvalue weighted by Crippen LogP contribution is 2.67. The van der Waals surface area contributed by atoms with Gasteiger partial charge in [0.25, 0.3) is 0 Å². The molecular formula is C21H36O3. The van der Waals surface area contributed by atoms with E-state index in [9.17, 15) is 15.3 Å². The van der Waals surface area contributed by atoms with Crippen molar-refractivity contribution < 1.29 is 15.3 Å². The van der Waals surface area contributed by atoms with Crippen molar-refractivity contribution in [3.8, 4) is 0 Å². The maximum absolute atomic E-state index is 11.1. The molecule has 4 aliphatic carbocycles. The van der Waals surface area contributed by atoms with Gasteiger partial charge < -0.3 is 15.3 Å². The van der Waals surface area contributed by atoms with Crippen molar-refractivity contribution in [3.05, 3.63) is 0 Å². The highest BCUT2D eigenvalue weighted by atomic mass is 16.3. The SMILES string of the molecule is CCC1C(O)CC[C@@]2(C)C1C(O)C[C@@H]1[C@H]2CC[C@]2(C)C(O)CC[C@@H]12. The second-order valence-electron chi connectivity index (χ2n) is 10.0. The van der Waals surface area contributed by atoms with Gasteiger partial charge in [-0.15, -0.1) is 0 Å². The summed E-state index contributed by atoms with van der Waals surface area (Å²) in [5, 5.41) is 32.2. The maximum Gasteiger partial charge on any atom is 0.0596 e. The zero-order valence-corrected chi connectivity index (χ0v) is 15.6. The molecule has 4 rings (SSSR count). The molecule has 0 aromatic heterocycles. The Labute approximate surface area is 146 Å². The predicted molar refractivity (Wildman–Crippen MR) is 94.3 cm³/mol. The van der Waals surface area contributed by atoms with Gasteiger partial charge in [-0.25, -0.2) is 0 Å². The standard InChI is InChI=1S/C21H36O3/c1-4-12-16(22)8-10-21(3)15-7-9-20(2)14(5-6-18(20)24)13(15)11-17(23)19(12)21/h12-19,22-24H,4-11H2,1-3H3/t12?,13-,14-,15+,16?,17?,18?,19?,20-,21+/m0/s1. The number of aliphatic hydroxyl groups is 3. The summed E-state index contributed by atoms with van der Waals surface area (Å²) in [6.45, 7) is 6.88. The third kappa shape index (κ3) is 2.13. The molecule has 0 heterocycles. The van der Waals surface area contributed by atoms with Crippen LogP contribution in [0.15, 0.2) is 0 Å². The lowest BCUT2D eigenvalue weighted by Crippen LogP contribution is -2.61. The van der Waals surface area contributed by atoms with Crippen molar-refractivity contribution in [2.24, 2.45) is 40.4 Å². The number of rotatable bonds is 1. The maximum atomic E-state index is 11.1. The quantitative estimate of drug-likeness (QED) is 0.688. The molecule has 0 aliphatic heterocycles. The van der Waals surface area contributed by atoms with Crippen molar-refractivity contribution in [2.75, 3.05) is 0 Å². The number of aliphatic hydroxyl groups excluding tert-OH is 3. The smallest absolute Gasteiger partial charge is 0.0596 e. The lowest BCUT2D eigenvalue weighted by molar-refractivity contribution is -0.196. The topological polar surface area (TPSA) is 60.7 Å². The minimum atomic E-state index is -0.281.